The monoisotopic (exact) mass is 480 g/mol. The number of piperidine rings is 1. The van der Waals surface area contributed by atoms with E-state index in [0.717, 1.165) is 40.6 Å². The topological polar surface area (TPSA) is 67.2 Å². The number of carbonyl (C=O) groups is 1. The van der Waals surface area contributed by atoms with E-state index >= 15 is 0 Å². The van der Waals surface area contributed by atoms with E-state index in [9.17, 15) is 9.59 Å². The van der Waals surface area contributed by atoms with Crippen LogP contribution in [-0.2, 0) is 17.9 Å². The first-order chi connectivity index (χ1) is 17.5. The second-order valence-corrected chi connectivity index (χ2v) is 9.73. The van der Waals surface area contributed by atoms with Gasteiger partial charge in [-0.1, -0.05) is 66.2 Å². The summed E-state index contributed by atoms with van der Waals surface area (Å²) in [4.78, 5) is 33.6. The largest absolute Gasteiger partial charge is 0.352 e. The van der Waals surface area contributed by atoms with Crippen LogP contribution in [0.5, 0.6) is 0 Å². The van der Waals surface area contributed by atoms with Gasteiger partial charge in [0.05, 0.1) is 23.5 Å². The molecule has 1 aliphatic rings. The molecule has 0 saturated carbocycles. The third-order valence-electron chi connectivity index (χ3n) is 7.10. The van der Waals surface area contributed by atoms with Crippen molar-refractivity contribution < 1.29 is 4.79 Å². The van der Waals surface area contributed by atoms with Crippen LogP contribution in [0, 0.1) is 19.8 Å². The predicted molar refractivity (Wildman–Crippen MR) is 144 cm³/mol. The fraction of sp³-hybridized carbons (Fsp3) is 0.300. The van der Waals surface area contributed by atoms with Gasteiger partial charge in [-0.05, 0) is 55.5 Å². The van der Waals surface area contributed by atoms with Gasteiger partial charge in [0.15, 0.2) is 5.82 Å². The summed E-state index contributed by atoms with van der Waals surface area (Å²) in [5.74, 6) is 0.280. The molecule has 184 valence electrons. The molecule has 5 rings (SSSR count). The third-order valence-corrected chi connectivity index (χ3v) is 7.10. The van der Waals surface area contributed by atoms with Crippen molar-refractivity contribution in [3.8, 4) is 0 Å². The Kier molecular flexibility index (Phi) is 6.85. The maximum absolute atomic E-state index is 13.7. The Labute approximate surface area is 211 Å². The molecule has 1 aromatic heterocycles. The fourth-order valence-corrected chi connectivity index (χ4v) is 4.94. The first-order valence-corrected chi connectivity index (χ1v) is 12.6. The van der Waals surface area contributed by atoms with E-state index in [0.29, 0.717) is 32.0 Å². The summed E-state index contributed by atoms with van der Waals surface area (Å²) in [6.45, 7) is 6.30. The van der Waals surface area contributed by atoms with Crippen molar-refractivity contribution in [2.24, 2.45) is 5.92 Å². The maximum atomic E-state index is 13.7. The van der Waals surface area contributed by atoms with Crippen LogP contribution >= 0.6 is 0 Å². The standard InChI is InChI=1S/C30H32N4O2/c1-21-13-15-23(16-14-21)19-34-27-12-6-5-11-26(27)32-28(30(34)36)33-17-7-10-25(20-33)29(35)31-18-24-9-4-3-8-22(24)2/h3-6,8-9,11-16,25H,7,10,17-20H2,1-2H3,(H,31,35)/t25-/m1/s1. The smallest absolute Gasteiger partial charge is 0.294 e. The van der Waals surface area contributed by atoms with Crippen molar-refractivity contribution >= 4 is 22.8 Å². The molecule has 0 unspecified atom stereocenters. The molecule has 0 spiro atoms. The van der Waals surface area contributed by atoms with Crippen molar-refractivity contribution in [3.05, 3.63) is 105 Å². The Morgan fingerprint density at radius 3 is 2.56 bits per heavy atom. The first kappa shape index (κ1) is 23.8. The lowest BCUT2D eigenvalue weighted by Crippen LogP contribution is -2.45. The second kappa shape index (κ2) is 10.4. The Morgan fingerprint density at radius 2 is 1.75 bits per heavy atom. The van der Waals surface area contributed by atoms with Gasteiger partial charge in [-0.25, -0.2) is 4.98 Å². The number of amides is 1. The summed E-state index contributed by atoms with van der Waals surface area (Å²) < 4.78 is 1.81. The summed E-state index contributed by atoms with van der Waals surface area (Å²) >= 11 is 0. The number of fused-ring (bicyclic) bond motifs is 1. The van der Waals surface area contributed by atoms with Crippen LogP contribution in [0.25, 0.3) is 11.0 Å². The van der Waals surface area contributed by atoms with E-state index in [1.54, 1.807) is 0 Å². The zero-order valence-corrected chi connectivity index (χ0v) is 20.9. The van der Waals surface area contributed by atoms with Crippen LogP contribution in [0.2, 0.25) is 0 Å². The van der Waals surface area contributed by atoms with Crippen LogP contribution in [0.3, 0.4) is 0 Å². The van der Waals surface area contributed by atoms with Crippen molar-refractivity contribution in [3.63, 3.8) is 0 Å². The SMILES string of the molecule is Cc1ccc(Cn2c(=O)c(N3CCC[C@@H](C(=O)NCc4ccccc4C)C3)nc3ccccc32)cc1. The molecule has 1 saturated heterocycles. The number of rotatable bonds is 6. The molecule has 1 amide bonds. The van der Waals surface area contributed by atoms with Crippen LogP contribution in [0.4, 0.5) is 5.82 Å². The Morgan fingerprint density at radius 1 is 1.00 bits per heavy atom. The number of para-hydroxylation sites is 2. The lowest BCUT2D eigenvalue weighted by molar-refractivity contribution is -0.125. The van der Waals surface area contributed by atoms with Gasteiger partial charge < -0.3 is 10.2 Å². The second-order valence-electron chi connectivity index (χ2n) is 9.73. The van der Waals surface area contributed by atoms with E-state index in [1.165, 1.54) is 5.56 Å². The molecule has 1 fully saturated rings. The molecular weight excluding hydrogens is 448 g/mol. The lowest BCUT2D eigenvalue weighted by atomic mass is 9.97. The van der Waals surface area contributed by atoms with Gasteiger partial charge in [-0.15, -0.1) is 0 Å². The molecule has 0 bridgehead atoms. The summed E-state index contributed by atoms with van der Waals surface area (Å²) in [7, 11) is 0. The van der Waals surface area contributed by atoms with E-state index in [-0.39, 0.29) is 17.4 Å². The first-order valence-electron chi connectivity index (χ1n) is 12.6. The maximum Gasteiger partial charge on any atom is 0.294 e. The minimum atomic E-state index is -0.180. The molecule has 2 heterocycles. The highest BCUT2D eigenvalue weighted by Crippen LogP contribution is 2.23. The molecule has 1 atom stereocenters. The lowest BCUT2D eigenvalue weighted by Gasteiger charge is -2.33. The van der Waals surface area contributed by atoms with Gasteiger partial charge in [0.25, 0.3) is 5.56 Å². The van der Waals surface area contributed by atoms with Gasteiger partial charge in [-0.2, -0.15) is 0 Å². The van der Waals surface area contributed by atoms with Crippen LogP contribution in [0.1, 0.15) is 35.1 Å². The van der Waals surface area contributed by atoms with Crippen molar-refractivity contribution in [2.45, 2.75) is 39.8 Å². The molecule has 1 aliphatic heterocycles. The molecule has 3 aromatic carbocycles. The van der Waals surface area contributed by atoms with E-state index in [4.69, 9.17) is 4.98 Å². The number of aryl methyl sites for hydroxylation is 2. The summed E-state index contributed by atoms with van der Waals surface area (Å²) in [5.41, 5.74) is 6.02. The predicted octanol–water partition coefficient (Wildman–Crippen LogP) is 4.59. The number of carbonyl (C=O) groups excluding carboxylic acids is 1. The third kappa shape index (κ3) is 5.03. The van der Waals surface area contributed by atoms with E-state index in [1.807, 2.05) is 51.9 Å². The van der Waals surface area contributed by atoms with Gasteiger partial charge >= 0.3 is 0 Å². The molecule has 6 heteroatoms. The molecule has 36 heavy (non-hydrogen) atoms. The average Bonchev–Trinajstić information content (AvgIpc) is 2.90. The highest BCUT2D eigenvalue weighted by atomic mass is 16.2. The molecular formula is C30H32N4O2. The van der Waals surface area contributed by atoms with Gasteiger partial charge in [0, 0.05) is 19.6 Å². The highest BCUT2D eigenvalue weighted by Gasteiger charge is 2.28. The number of hydrogen-bond donors (Lipinski definition) is 1. The molecule has 6 nitrogen and oxygen atoms in total. The quantitative estimate of drug-likeness (QED) is 0.438. The Balaban J connectivity index is 1.40. The van der Waals surface area contributed by atoms with Gasteiger partial charge in [0.2, 0.25) is 5.91 Å². The Hall–Kier alpha value is -3.93. The number of anilines is 1. The number of benzene rings is 3. The zero-order valence-electron chi connectivity index (χ0n) is 20.9. The Bertz CT molecular complexity index is 1440. The average molecular weight is 481 g/mol. The minimum absolute atomic E-state index is 0.0312. The van der Waals surface area contributed by atoms with Gasteiger partial charge in [-0.3, -0.25) is 14.2 Å². The number of nitrogens with zero attached hydrogens (tertiary/aromatic N) is 3. The van der Waals surface area contributed by atoms with Crippen molar-refractivity contribution in [2.75, 3.05) is 18.0 Å². The molecule has 0 aliphatic carbocycles. The van der Waals surface area contributed by atoms with Crippen LogP contribution in [-0.4, -0.2) is 28.5 Å². The van der Waals surface area contributed by atoms with Crippen LogP contribution < -0.4 is 15.8 Å². The number of hydrogen-bond acceptors (Lipinski definition) is 4. The van der Waals surface area contributed by atoms with E-state index < -0.39 is 0 Å². The van der Waals surface area contributed by atoms with Crippen molar-refractivity contribution in [1.29, 1.82) is 0 Å². The molecule has 0 radical (unpaired) electrons. The normalized spacial score (nSPS) is 15.7. The van der Waals surface area contributed by atoms with E-state index in [2.05, 4.69) is 49.5 Å². The zero-order chi connectivity index (χ0) is 25.1. The summed E-state index contributed by atoms with van der Waals surface area (Å²) in [6, 6.07) is 24.1. The summed E-state index contributed by atoms with van der Waals surface area (Å²) in [6.07, 6.45) is 1.65. The van der Waals surface area contributed by atoms with Crippen LogP contribution in [0.15, 0.2) is 77.6 Å². The van der Waals surface area contributed by atoms with Gasteiger partial charge in [0.1, 0.15) is 0 Å². The summed E-state index contributed by atoms with van der Waals surface area (Å²) in [5, 5.41) is 3.10. The van der Waals surface area contributed by atoms with Crippen molar-refractivity contribution in [1.82, 2.24) is 14.9 Å². The highest BCUT2D eigenvalue weighted by molar-refractivity contribution is 5.80. The minimum Gasteiger partial charge on any atom is -0.352 e. The molecule has 1 N–H and O–H groups in total. The fourth-order valence-electron chi connectivity index (χ4n) is 4.94. The number of aromatic nitrogens is 2. The molecule has 4 aromatic rings. The number of nitrogens with one attached hydrogen (secondary N) is 1.